The summed E-state index contributed by atoms with van der Waals surface area (Å²) in [7, 11) is 2.08. The van der Waals surface area contributed by atoms with Crippen LogP contribution in [0.1, 0.15) is 56.1 Å². The molecule has 1 atom stereocenters. The second-order valence-electron chi connectivity index (χ2n) is 7.55. The maximum absolute atomic E-state index is 9.28. The van der Waals surface area contributed by atoms with Crippen LogP contribution >= 0.6 is 0 Å². The zero-order valence-electron chi connectivity index (χ0n) is 12.3. The van der Waals surface area contributed by atoms with E-state index in [1.54, 1.807) is 0 Å². The van der Waals surface area contributed by atoms with E-state index in [1.165, 1.54) is 44.2 Å². The molecule has 0 saturated heterocycles. The third kappa shape index (κ3) is 1.70. The third-order valence-electron chi connectivity index (χ3n) is 6.13. The monoisotopic (exact) mass is 275 g/mol. The topological polar surface area (TPSA) is 64.1 Å². The van der Waals surface area contributed by atoms with Crippen LogP contribution in [0.3, 0.4) is 0 Å². The first kappa shape index (κ1) is 12.8. The number of imidazole rings is 1. The molecule has 110 valence electrons. The molecule has 0 aromatic carbocycles. The summed E-state index contributed by atoms with van der Waals surface area (Å²) in [5, 5.41) is 9.28. The molecule has 0 amide bonds. The first-order valence-corrected chi connectivity index (χ1v) is 8.00. The summed E-state index contributed by atoms with van der Waals surface area (Å²) in [6.45, 7) is -0.0365. The van der Waals surface area contributed by atoms with Gasteiger partial charge in [0.25, 0.3) is 0 Å². The lowest BCUT2D eigenvalue weighted by Gasteiger charge is -2.56. The molecule has 3 N–H and O–H groups in total. The Morgan fingerprint density at radius 3 is 2.35 bits per heavy atom. The van der Waals surface area contributed by atoms with Crippen LogP contribution in [0.5, 0.6) is 0 Å². The molecule has 1 aromatic rings. The smallest absolute Gasteiger partial charge is 0.127 e. The van der Waals surface area contributed by atoms with Crippen LogP contribution in [0, 0.1) is 17.8 Å². The lowest BCUT2D eigenvalue weighted by atomic mass is 9.49. The summed E-state index contributed by atoms with van der Waals surface area (Å²) in [5.74, 6) is 3.64. The van der Waals surface area contributed by atoms with E-state index in [-0.39, 0.29) is 12.6 Å². The zero-order chi connectivity index (χ0) is 13.9. The highest BCUT2D eigenvalue weighted by atomic mass is 16.3. The van der Waals surface area contributed by atoms with Gasteiger partial charge >= 0.3 is 0 Å². The molecule has 4 nitrogen and oxygen atoms in total. The fourth-order valence-electron chi connectivity index (χ4n) is 5.77. The van der Waals surface area contributed by atoms with Gasteiger partial charge in [-0.3, -0.25) is 0 Å². The van der Waals surface area contributed by atoms with Crippen molar-refractivity contribution in [2.75, 3.05) is 6.61 Å². The van der Waals surface area contributed by atoms with E-state index in [1.807, 2.05) is 6.20 Å². The highest BCUT2D eigenvalue weighted by molar-refractivity contribution is 5.24. The Morgan fingerprint density at radius 2 is 1.85 bits per heavy atom. The molecule has 4 heteroatoms. The predicted molar refractivity (Wildman–Crippen MR) is 77.1 cm³/mol. The minimum absolute atomic E-state index is 0.0365. The summed E-state index contributed by atoms with van der Waals surface area (Å²) in [6, 6.07) is -0.359. The van der Waals surface area contributed by atoms with Crippen molar-refractivity contribution in [2.45, 2.75) is 50.0 Å². The van der Waals surface area contributed by atoms with E-state index in [0.29, 0.717) is 5.41 Å². The average Bonchev–Trinajstić information content (AvgIpc) is 2.79. The molecule has 1 aromatic heterocycles. The first-order valence-electron chi connectivity index (χ1n) is 8.00. The molecular formula is C16H25N3O. The van der Waals surface area contributed by atoms with E-state index in [9.17, 15) is 5.11 Å². The minimum atomic E-state index is -0.359. The molecule has 0 spiro atoms. The van der Waals surface area contributed by atoms with E-state index < -0.39 is 0 Å². The Morgan fingerprint density at radius 1 is 1.30 bits per heavy atom. The quantitative estimate of drug-likeness (QED) is 0.885. The fraction of sp³-hybridized carbons (Fsp3) is 0.812. The molecule has 4 fully saturated rings. The number of rotatable bonds is 3. The van der Waals surface area contributed by atoms with Gasteiger partial charge in [0.05, 0.1) is 12.6 Å². The van der Waals surface area contributed by atoms with Crippen LogP contribution in [0.15, 0.2) is 6.20 Å². The highest BCUT2D eigenvalue weighted by Crippen LogP contribution is 2.60. The van der Waals surface area contributed by atoms with E-state index in [4.69, 9.17) is 5.73 Å². The number of aliphatic hydroxyl groups excluding tert-OH is 1. The van der Waals surface area contributed by atoms with Gasteiger partial charge < -0.3 is 15.4 Å². The summed E-state index contributed by atoms with van der Waals surface area (Å²) in [6.07, 6.45) is 10.4. The van der Waals surface area contributed by atoms with Crippen molar-refractivity contribution in [3.8, 4) is 0 Å². The Labute approximate surface area is 120 Å². The molecule has 0 aliphatic heterocycles. The van der Waals surface area contributed by atoms with Crippen molar-refractivity contribution < 1.29 is 5.11 Å². The summed E-state index contributed by atoms with van der Waals surface area (Å²) >= 11 is 0. The van der Waals surface area contributed by atoms with Gasteiger partial charge in [0.2, 0.25) is 0 Å². The van der Waals surface area contributed by atoms with Crippen LogP contribution in [-0.4, -0.2) is 21.3 Å². The van der Waals surface area contributed by atoms with Crippen LogP contribution in [0.4, 0.5) is 0 Å². The van der Waals surface area contributed by atoms with Crippen molar-refractivity contribution in [3.63, 3.8) is 0 Å². The Hall–Kier alpha value is -0.870. The maximum Gasteiger partial charge on any atom is 0.127 e. The van der Waals surface area contributed by atoms with Crippen molar-refractivity contribution in [2.24, 2.45) is 30.5 Å². The third-order valence-corrected chi connectivity index (χ3v) is 6.13. The second-order valence-corrected chi connectivity index (χ2v) is 7.55. The van der Waals surface area contributed by atoms with Crippen molar-refractivity contribution in [1.82, 2.24) is 9.55 Å². The number of hydrogen-bond donors (Lipinski definition) is 2. The lowest BCUT2D eigenvalue weighted by Crippen LogP contribution is -2.49. The number of hydrogen-bond acceptors (Lipinski definition) is 3. The SMILES string of the molecule is Cn1c(C23CC4CC(CC(C4)C2)C3)cnc1C(N)CO. The first-order chi connectivity index (χ1) is 9.61. The second kappa shape index (κ2) is 4.31. The van der Waals surface area contributed by atoms with Crippen molar-refractivity contribution in [1.29, 1.82) is 0 Å². The van der Waals surface area contributed by atoms with E-state index >= 15 is 0 Å². The van der Waals surface area contributed by atoms with Crippen LogP contribution < -0.4 is 5.73 Å². The summed E-state index contributed by atoms with van der Waals surface area (Å²) in [4.78, 5) is 4.52. The molecule has 0 radical (unpaired) electrons. The van der Waals surface area contributed by atoms with Gasteiger partial charge in [0.15, 0.2) is 0 Å². The Balaban J connectivity index is 1.72. The number of aliphatic hydroxyl groups is 1. The molecular weight excluding hydrogens is 250 g/mol. The molecule has 4 aliphatic rings. The van der Waals surface area contributed by atoms with Gasteiger partial charge in [-0.05, 0) is 56.3 Å². The van der Waals surface area contributed by atoms with Gasteiger partial charge in [-0.1, -0.05) is 0 Å². The Kier molecular flexibility index (Phi) is 2.77. The zero-order valence-corrected chi connectivity index (χ0v) is 12.3. The molecule has 4 bridgehead atoms. The molecule has 4 aliphatic carbocycles. The predicted octanol–water partition coefficient (Wildman–Crippen LogP) is 1.88. The van der Waals surface area contributed by atoms with Gasteiger partial charge in [-0.15, -0.1) is 0 Å². The van der Waals surface area contributed by atoms with Gasteiger partial charge in [-0.2, -0.15) is 0 Å². The maximum atomic E-state index is 9.28. The normalized spacial score (nSPS) is 40.2. The molecule has 1 heterocycles. The standard InChI is InChI=1S/C16H25N3O/c1-19-14(8-18-15(19)13(17)9-20)16-5-10-2-11(6-16)4-12(3-10)7-16/h8,10-13,20H,2-7,9,17H2,1H3. The van der Waals surface area contributed by atoms with Crippen molar-refractivity contribution in [3.05, 3.63) is 17.7 Å². The number of aromatic nitrogens is 2. The van der Waals surface area contributed by atoms with Crippen LogP contribution in [0.25, 0.3) is 0 Å². The minimum Gasteiger partial charge on any atom is -0.394 e. The summed E-state index contributed by atoms with van der Waals surface area (Å²) in [5.41, 5.74) is 7.69. The molecule has 1 unspecified atom stereocenters. The Bertz CT molecular complexity index is 487. The average molecular weight is 275 g/mol. The highest BCUT2D eigenvalue weighted by Gasteiger charge is 2.52. The van der Waals surface area contributed by atoms with Crippen molar-refractivity contribution >= 4 is 0 Å². The van der Waals surface area contributed by atoms with Crippen LogP contribution in [-0.2, 0) is 12.5 Å². The molecule has 20 heavy (non-hydrogen) atoms. The van der Waals surface area contributed by atoms with Gasteiger partial charge in [-0.25, -0.2) is 4.98 Å². The van der Waals surface area contributed by atoms with Gasteiger partial charge in [0, 0.05) is 24.4 Å². The van der Waals surface area contributed by atoms with Crippen LogP contribution in [0.2, 0.25) is 0 Å². The fourth-order valence-corrected chi connectivity index (χ4v) is 5.77. The number of nitrogens with zero attached hydrogens (tertiary/aromatic N) is 2. The summed E-state index contributed by atoms with van der Waals surface area (Å²) < 4.78 is 2.17. The molecule has 5 rings (SSSR count). The largest absolute Gasteiger partial charge is 0.394 e. The van der Waals surface area contributed by atoms with E-state index in [2.05, 4.69) is 16.6 Å². The number of nitrogens with two attached hydrogens (primary N) is 1. The molecule has 4 saturated carbocycles. The lowest BCUT2D eigenvalue weighted by molar-refractivity contribution is -0.00858. The van der Waals surface area contributed by atoms with Gasteiger partial charge in [0.1, 0.15) is 5.82 Å². The van der Waals surface area contributed by atoms with E-state index in [0.717, 1.165) is 23.6 Å².